The van der Waals surface area contributed by atoms with Gasteiger partial charge in [0.25, 0.3) is 0 Å². The molecule has 0 spiro atoms. The Balaban J connectivity index is 2.88. The predicted molar refractivity (Wildman–Crippen MR) is 24.7 cm³/mol. The molecule has 4 nitrogen and oxygen atoms in total. The second kappa shape index (κ2) is 2.33. The molecule has 0 saturated heterocycles. The summed E-state index contributed by atoms with van der Waals surface area (Å²) in [6.45, 7) is 0. The largest absolute Gasteiger partial charge is 0.460 e. The first-order chi connectivity index (χ1) is 5.02. The van der Waals surface area contributed by atoms with E-state index in [1.807, 2.05) is 0 Å². The van der Waals surface area contributed by atoms with Gasteiger partial charge in [0, 0.05) is 0 Å². The first kappa shape index (κ1) is 7.70. The molecule has 7 heteroatoms. The highest BCUT2D eigenvalue weighted by Crippen LogP contribution is 2.19. The quantitative estimate of drug-likeness (QED) is 0.579. The minimum absolute atomic E-state index is 0.721. The molecule has 0 aromatic carbocycles. The third-order valence-corrected chi connectivity index (χ3v) is 0.813. The predicted octanol–water partition coefficient (Wildman–Crippen LogP) is 0.815. The molecule has 0 fully saturated rings. The van der Waals surface area contributed by atoms with Crippen molar-refractivity contribution in [3.63, 3.8) is 0 Å². The smallest absolute Gasteiger partial charge is 0.331 e. The molecule has 0 bridgehead atoms. The monoisotopic (exact) mass is 166 g/mol. The van der Waals surface area contributed by atoms with Gasteiger partial charge in [-0.2, -0.15) is 18.2 Å². The number of ketones is 1. The Morgan fingerprint density at radius 2 is 2.18 bits per heavy atom. The van der Waals surface area contributed by atoms with E-state index in [1.165, 1.54) is 0 Å². The highest BCUT2D eigenvalue weighted by atomic mass is 19.4. The lowest BCUT2D eigenvalue weighted by Crippen LogP contribution is -2.22. The molecule has 1 heterocycles. The summed E-state index contributed by atoms with van der Waals surface area (Å²) in [7, 11) is 0. The highest BCUT2D eigenvalue weighted by Gasteiger charge is 2.42. The van der Waals surface area contributed by atoms with Gasteiger partial charge in [-0.1, -0.05) is 5.16 Å². The molecule has 1 aromatic rings. The Bertz CT molecular complexity index is 253. The summed E-state index contributed by atoms with van der Waals surface area (Å²) < 4.78 is 38.5. The minimum atomic E-state index is -4.95. The fraction of sp³-hybridized carbons (Fsp3) is 0.250. The maximum atomic E-state index is 11.5. The van der Waals surface area contributed by atoms with Crippen LogP contribution < -0.4 is 0 Å². The molecule has 1 rings (SSSR count). The Hall–Kier alpha value is -1.40. The summed E-state index contributed by atoms with van der Waals surface area (Å²) in [5, 5.41) is 2.85. The molecule has 0 saturated carbocycles. The summed E-state index contributed by atoms with van der Waals surface area (Å²) in [5.41, 5.74) is 0. The molecule has 0 radical (unpaired) electrons. The lowest BCUT2D eigenvalue weighted by atomic mass is 10.4. The molecule has 0 aliphatic rings. The van der Waals surface area contributed by atoms with Gasteiger partial charge in [-0.05, 0) is 0 Å². The first-order valence-electron chi connectivity index (χ1n) is 2.40. The number of carbonyl (C=O) groups excluding carboxylic acids is 1. The molecule has 0 N–H and O–H groups in total. The number of rotatable bonds is 1. The van der Waals surface area contributed by atoms with Crippen LogP contribution in [0, 0.1) is 0 Å². The van der Waals surface area contributed by atoms with Crippen molar-refractivity contribution in [1.29, 1.82) is 0 Å². The zero-order chi connectivity index (χ0) is 8.48. The normalized spacial score (nSPS) is 11.5. The number of hydrogen-bond acceptors (Lipinski definition) is 4. The van der Waals surface area contributed by atoms with Gasteiger partial charge in [-0.3, -0.25) is 4.79 Å². The minimum Gasteiger partial charge on any atom is -0.331 e. The van der Waals surface area contributed by atoms with Gasteiger partial charge < -0.3 is 4.52 Å². The molecule has 0 aliphatic carbocycles. The SMILES string of the molecule is O=C(c1ncno1)C(F)(F)F. The molecule has 0 aliphatic heterocycles. The van der Waals surface area contributed by atoms with Crippen molar-refractivity contribution in [1.82, 2.24) is 10.1 Å². The summed E-state index contributed by atoms with van der Waals surface area (Å²) in [5.74, 6) is -3.17. The van der Waals surface area contributed by atoms with E-state index in [4.69, 9.17) is 0 Å². The van der Waals surface area contributed by atoms with Crippen LogP contribution in [0.2, 0.25) is 0 Å². The molecular formula is C4HF3N2O2. The van der Waals surface area contributed by atoms with E-state index >= 15 is 0 Å². The van der Waals surface area contributed by atoms with Crippen LogP contribution in [-0.4, -0.2) is 22.1 Å². The summed E-state index contributed by atoms with van der Waals surface area (Å²) >= 11 is 0. The van der Waals surface area contributed by atoms with Gasteiger partial charge >= 0.3 is 17.9 Å². The fourth-order valence-electron chi connectivity index (χ4n) is 0.394. The average molecular weight is 166 g/mol. The van der Waals surface area contributed by atoms with E-state index in [0.29, 0.717) is 0 Å². The van der Waals surface area contributed by atoms with Crippen molar-refractivity contribution in [2.24, 2.45) is 0 Å². The van der Waals surface area contributed by atoms with Crippen LogP contribution in [0.4, 0.5) is 13.2 Å². The van der Waals surface area contributed by atoms with Crippen molar-refractivity contribution < 1.29 is 22.5 Å². The Kier molecular flexibility index (Phi) is 1.63. The summed E-state index contributed by atoms with van der Waals surface area (Å²) in [6, 6.07) is 0. The Morgan fingerprint density at radius 3 is 2.55 bits per heavy atom. The van der Waals surface area contributed by atoms with Crippen LogP contribution in [0.3, 0.4) is 0 Å². The van der Waals surface area contributed by atoms with Crippen molar-refractivity contribution in [2.75, 3.05) is 0 Å². The van der Waals surface area contributed by atoms with Crippen LogP contribution in [-0.2, 0) is 0 Å². The van der Waals surface area contributed by atoms with Crippen LogP contribution in [0.5, 0.6) is 0 Å². The Morgan fingerprint density at radius 1 is 1.55 bits per heavy atom. The summed E-state index contributed by atoms with van der Waals surface area (Å²) in [6.07, 6.45) is -4.23. The zero-order valence-corrected chi connectivity index (χ0v) is 4.92. The van der Waals surface area contributed by atoms with E-state index in [9.17, 15) is 18.0 Å². The lowest BCUT2D eigenvalue weighted by Gasteiger charge is -1.98. The number of aromatic nitrogens is 2. The maximum absolute atomic E-state index is 11.5. The lowest BCUT2D eigenvalue weighted by molar-refractivity contribution is -0.0906. The van der Waals surface area contributed by atoms with Crippen LogP contribution in [0.15, 0.2) is 10.9 Å². The molecule has 0 unspecified atom stereocenters. The first-order valence-corrected chi connectivity index (χ1v) is 2.40. The van der Waals surface area contributed by atoms with Gasteiger partial charge in [-0.25, -0.2) is 0 Å². The van der Waals surface area contributed by atoms with Crippen LogP contribution >= 0.6 is 0 Å². The third-order valence-electron chi connectivity index (χ3n) is 0.813. The zero-order valence-electron chi connectivity index (χ0n) is 4.92. The van der Waals surface area contributed by atoms with E-state index in [-0.39, 0.29) is 0 Å². The summed E-state index contributed by atoms with van der Waals surface area (Å²) in [4.78, 5) is 13.1. The number of Topliss-reactive ketones (excluding diaryl/α,β-unsaturated/α-hetero) is 1. The second-order valence-corrected chi connectivity index (χ2v) is 1.57. The number of carbonyl (C=O) groups is 1. The van der Waals surface area contributed by atoms with E-state index < -0.39 is 17.9 Å². The molecule has 11 heavy (non-hydrogen) atoms. The number of halogens is 3. The second-order valence-electron chi connectivity index (χ2n) is 1.57. The topological polar surface area (TPSA) is 56.0 Å². The average Bonchev–Trinajstić information content (AvgIpc) is 2.34. The van der Waals surface area contributed by atoms with Gasteiger partial charge in [0.05, 0.1) is 0 Å². The molecule has 60 valence electrons. The van der Waals surface area contributed by atoms with Gasteiger partial charge in [0.15, 0.2) is 6.33 Å². The molecular weight excluding hydrogens is 165 g/mol. The van der Waals surface area contributed by atoms with Gasteiger partial charge in [0.2, 0.25) is 0 Å². The van der Waals surface area contributed by atoms with E-state index in [1.54, 1.807) is 0 Å². The number of alkyl halides is 3. The molecule has 0 amide bonds. The van der Waals surface area contributed by atoms with Gasteiger partial charge in [0.1, 0.15) is 0 Å². The van der Waals surface area contributed by atoms with E-state index in [2.05, 4.69) is 14.7 Å². The Labute approximate surface area is 58.0 Å². The molecule has 1 aromatic heterocycles. The maximum Gasteiger partial charge on any atom is 0.460 e. The fourth-order valence-corrected chi connectivity index (χ4v) is 0.394. The standard InChI is InChI=1S/C4HF3N2O2/c5-4(6,7)2(10)3-8-1-9-11-3/h1H. The van der Waals surface area contributed by atoms with Crippen molar-refractivity contribution in [3.05, 3.63) is 12.2 Å². The van der Waals surface area contributed by atoms with Crippen LogP contribution in [0.25, 0.3) is 0 Å². The number of hydrogen-bond donors (Lipinski definition) is 0. The highest BCUT2D eigenvalue weighted by molar-refractivity contribution is 5.96. The van der Waals surface area contributed by atoms with Crippen molar-refractivity contribution in [2.45, 2.75) is 6.18 Å². The van der Waals surface area contributed by atoms with Crippen molar-refractivity contribution >= 4 is 5.78 Å². The number of nitrogens with zero attached hydrogens (tertiary/aromatic N) is 2. The van der Waals surface area contributed by atoms with Gasteiger partial charge in [-0.15, -0.1) is 0 Å². The van der Waals surface area contributed by atoms with E-state index in [0.717, 1.165) is 6.33 Å². The van der Waals surface area contributed by atoms with Crippen molar-refractivity contribution in [3.8, 4) is 0 Å². The third kappa shape index (κ3) is 1.54. The molecule has 0 atom stereocenters. The van der Waals surface area contributed by atoms with Crippen LogP contribution in [0.1, 0.15) is 10.7 Å².